The van der Waals surface area contributed by atoms with Crippen molar-refractivity contribution in [3.05, 3.63) is 47.3 Å². The fourth-order valence-electron chi connectivity index (χ4n) is 2.17. The van der Waals surface area contributed by atoms with Crippen LogP contribution in [0, 0.1) is 13.8 Å². The molecule has 0 fully saturated rings. The molecule has 102 valence electrons. The summed E-state index contributed by atoms with van der Waals surface area (Å²) < 4.78 is 2.06. The first-order chi connectivity index (χ1) is 9.16. The van der Waals surface area contributed by atoms with Gasteiger partial charge in [0.25, 0.3) is 0 Å². The van der Waals surface area contributed by atoms with Crippen LogP contribution in [-0.2, 0) is 13.1 Å². The maximum absolute atomic E-state index is 5.89. The van der Waals surface area contributed by atoms with Gasteiger partial charge >= 0.3 is 0 Å². The number of anilines is 1. The molecule has 0 saturated heterocycles. The van der Waals surface area contributed by atoms with Crippen molar-refractivity contribution < 1.29 is 0 Å². The van der Waals surface area contributed by atoms with Crippen molar-refractivity contribution in [2.45, 2.75) is 33.4 Å². The summed E-state index contributed by atoms with van der Waals surface area (Å²) in [4.78, 5) is 0. The molecule has 0 radical (unpaired) electrons. The Labute approximate surface area is 114 Å². The summed E-state index contributed by atoms with van der Waals surface area (Å²) in [6.45, 7) is 6.87. The molecular weight excluding hydrogens is 236 g/mol. The predicted molar refractivity (Wildman–Crippen MR) is 78.9 cm³/mol. The summed E-state index contributed by atoms with van der Waals surface area (Å²) in [7, 11) is 0. The normalized spacial score (nSPS) is 10.8. The summed E-state index contributed by atoms with van der Waals surface area (Å²) >= 11 is 0. The predicted octanol–water partition coefficient (Wildman–Crippen LogP) is 2.26. The molecule has 3 N–H and O–H groups in total. The van der Waals surface area contributed by atoms with E-state index >= 15 is 0 Å². The second-order valence-electron chi connectivity index (χ2n) is 4.88. The Kier molecular flexibility index (Phi) is 4.58. The molecule has 0 atom stereocenters. The quantitative estimate of drug-likeness (QED) is 0.617. The molecule has 1 aromatic carbocycles. The van der Waals surface area contributed by atoms with Crippen molar-refractivity contribution >= 4 is 5.69 Å². The molecular formula is C15H22N4. The average molecular weight is 258 g/mol. The van der Waals surface area contributed by atoms with E-state index in [1.165, 1.54) is 5.69 Å². The lowest BCUT2D eigenvalue weighted by Crippen LogP contribution is -2.17. The molecule has 0 unspecified atom stereocenters. The van der Waals surface area contributed by atoms with Crippen LogP contribution in [0.15, 0.2) is 30.3 Å². The number of aryl methyl sites for hydroxylation is 3. The zero-order valence-corrected chi connectivity index (χ0v) is 11.7. The van der Waals surface area contributed by atoms with Gasteiger partial charge in [-0.25, -0.2) is 0 Å². The number of aromatic nitrogens is 2. The second-order valence-corrected chi connectivity index (χ2v) is 4.88. The molecule has 0 saturated carbocycles. The van der Waals surface area contributed by atoms with Gasteiger partial charge in [-0.2, -0.15) is 5.10 Å². The van der Waals surface area contributed by atoms with Gasteiger partial charge in [-0.15, -0.1) is 0 Å². The maximum Gasteiger partial charge on any atom is 0.0596 e. The van der Waals surface area contributed by atoms with Gasteiger partial charge in [0, 0.05) is 24.5 Å². The van der Waals surface area contributed by atoms with Crippen LogP contribution in [0.25, 0.3) is 0 Å². The number of nitrogen functional groups attached to an aromatic ring is 1. The highest BCUT2D eigenvalue weighted by Gasteiger charge is 2.00. The van der Waals surface area contributed by atoms with Crippen molar-refractivity contribution in [2.75, 3.05) is 12.3 Å². The monoisotopic (exact) mass is 258 g/mol. The summed E-state index contributed by atoms with van der Waals surface area (Å²) in [5, 5.41) is 7.87. The van der Waals surface area contributed by atoms with Crippen molar-refractivity contribution in [3.63, 3.8) is 0 Å². The van der Waals surface area contributed by atoms with Crippen LogP contribution in [0.1, 0.15) is 23.4 Å². The molecule has 0 spiro atoms. The lowest BCUT2D eigenvalue weighted by Gasteiger charge is -2.08. The number of hydrogen-bond acceptors (Lipinski definition) is 3. The van der Waals surface area contributed by atoms with E-state index in [0.29, 0.717) is 0 Å². The molecule has 1 aromatic heterocycles. The van der Waals surface area contributed by atoms with Gasteiger partial charge in [0.15, 0.2) is 0 Å². The highest BCUT2D eigenvalue weighted by Crippen LogP contribution is 2.09. The largest absolute Gasteiger partial charge is 0.398 e. The Bertz CT molecular complexity index is 531. The minimum atomic E-state index is 0.823. The Hall–Kier alpha value is -1.81. The molecule has 0 aliphatic rings. The first kappa shape index (κ1) is 13.6. The Morgan fingerprint density at radius 3 is 2.74 bits per heavy atom. The summed E-state index contributed by atoms with van der Waals surface area (Å²) in [5.74, 6) is 0. The van der Waals surface area contributed by atoms with Gasteiger partial charge < -0.3 is 11.1 Å². The highest BCUT2D eigenvalue weighted by atomic mass is 15.3. The fourth-order valence-corrected chi connectivity index (χ4v) is 2.17. The fraction of sp³-hybridized carbons (Fsp3) is 0.400. The van der Waals surface area contributed by atoms with Crippen LogP contribution in [0.3, 0.4) is 0 Å². The zero-order valence-electron chi connectivity index (χ0n) is 11.7. The summed E-state index contributed by atoms with van der Waals surface area (Å²) in [6, 6.07) is 10.1. The lowest BCUT2D eigenvalue weighted by atomic mass is 10.2. The van der Waals surface area contributed by atoms with Crippen molar-refractivity contribution in [1.29, 1.82) is 0 Å². The van der Waals surface area contributed by atoms with Gasteiger partial charge in [-0.3, -0.25) is 4.68 Å². The van der Waals surface area contributed by atoms with E-state index in [1.807, 2.05) is 25.1 Å². The van der Waals surface area contributed by atoms with E-state index in [2.05, 4.69) is 34.2 Å². The third kappa shape index (κ3) is 3.83. The molecule has 0 aliphatic carbocycles. The first-order valence-corrected chi connectivity index (χ1v) is 6.72. The number of para-hydroxylation sites is 1. The topological polar surface area (TPSA) is 55.9 Å². The molecule has 19 heavy (non-hydrogen) atoms. The number of hydrogen-bond donors (Lipinski definition) is 2. The van der Waals surface area contributed by atoms with Crippen molar-refractivity contribution in [1.82, 2.24) is 15.1 Å². The second kappa shape index (κ2) is 6.38. The Morgan fingerprint density at radius 1 is 1.26 bits per heavy atom. The molecule has 4 nitrogen and oxygen atoms in total. The van der Waals surface area contributed by atoms with E-state index in [1.54, 1.807) is 0 Å². The SMILES string of the molecule is Cc1cc(C)n(CCCNCc2ccccc2N)n1. The molecule has 1 heterocycles. The van der Waals surface area contributed by atoms with E-state index in [-0.39, 0.29) is 0 Å². The number of nitrogens with one attached hydrogen (secondary N) is 1. The lowest BCUT2D eigenvalue weighted by molar-refractivity contribution is 0.532. The van der Waals surface area contributed by atoms with Crippen LogP contribution in [0.4, 0.5) is 5.69 Å². The minimum Gasteiger partial charge on any atom is -0.398 e. The molecule has 2 rings (SSSR count). The molecule has 4 heteroatoms. The van der Waals surface area contributed by atoms with Crippen LogP contribution in [0.5, 0.6) is 0 Å². The smallest absolute Gasteiger partial charge is 0.0596 e. The Morgan fingerprint density at radius 2 is 2.05 bits per heavy atom. The van der Waals surface area contributed by atoms with E-state index in [4.69, 9.17) is 5.73 Å². The highest BCUT2D eigenvalue weighted by molar-refractivity contribution is 5.46. The van der Waals surface area contributed by atoms with Crippen LogP contribution < -0.4 is 11.1 Å². The van der Waals surface area contributed by atoms with Gasteiger partial charge in [0.1, 0.15) is 0 Å². The van der Waals surface area contributed by atoms with Gasteiger partial charge in [-0.05, 0) is 44.5 Å². The van der Waals surface area contributed by atoms with Crippen LogP contribution >= 0.6 is 0 Å². The number of nitrogens with zero attached hydrogens (tertiary/aromatic N) is 2. The molecule has 2 aromatic rings. The number of rotatable bonds is 6. The van der Waals surface area contributed by atoms with Crippen LogP contribution in [-0.4, -0.2) is 16.3 Å². The van der Waals surface area contributed by atoms with E-state index in [9.17, 15) is 0 Å². The molecule has 0 amide bonds. The summed E-state index contributed by atoms with van der Waals surface area (Å²) in [5.41, 5.74) is 10.2. The van der Waals surface area contributed by atoms with E-state index < -0.39 is 0 Å². The average Bonchev–Trinajstić information content (AvgIpc) is 2.70. The maximum atomic E-state index is 5.89. The third-order valence-electron chi connectivity index (χ3n) is 3.20. The number of benzene rings is 1. The minimum absolute atomic E-state index is 0.823. The van der Waals surface area contributed by atoms with Crippen molar-refractivity contribution in [3.8, 4) is 0 Å². The van der Waals surface area contributed by atoms with Gasteiger partial charge in [-0.1, -0.05) is 18.2 Å². The molecule has 0 aliphatic heterocycles. The van der Waals surface area contributed by atoms with E-state index in [0.717, 1.165) is 43.0 Å². The first-order valence-electron chi connectivity index (χ1n) is 6.72. The Balaban J connectivity index is 1.70. The van der Waals surface area contributed by atoms with Crippen LogP contribution in [0.2, 0.25) is 0 Å². The standard InChI is InChI=1S/C15H22N4/c1-12-10-13(2)19(18-12)9-5-8-17-11-14-6-3-4-7-15(14)16/h3-4,6-7,10,17H,5,8-9,11,16H2,1-2H3. The zero-order chi connectivity index (χ0) is 13.7. The summed E-state index contributed by atoms with van der Waals surface area (Å²) in [6.07, 6.45) is 1.06. The third-order valence-corrected chi connectivity index (χ3v) is 3.20. The van der Waals surface area contributed by atoms with Gasteiger partial charge in [0.05, 0.1) is 5.69 Å². The van der Waals surface area contributed by atoms with Crippen molar-refractivity contribution in [2.24, 2.45) is 0 Å². The van der Waals surface area contributed by atoms with Gasteiger partial charge in [0.2, 0.25) is 0 Å². The molecule has 0 bridgehead atoms. The number of nitrogens with two attached hydrogens (primary N) is 1.